The summed E-state index contributed by atoms with van der Waals surface area (Å²) < 4.78 is 37.9. The molecule has 2 aromatic carbocycles. The first-order valence-electron chi connectivity index (χ1n) is 8.58. The Morgan fingerprint density at radius 2 is 1.81 bits per heavy atom. The Morgan fingerprint density at radius 1 is 1.11 bits per heavy atom. The molecule has 0 atom stereocenters. The summed E-state index contributed by atoms with van der Waals surface area (Å²) in [5, 5.41) is 0.826. The zero-order chi connectivity index (χ0) is 19.4. The van der Waals surface area contributed by atoms with Crippen LogP contribution in [-0.4, -0.2) is 21.4 Å². The summed E-state index contributed by atoms with van der Waals surface area (Å²) in [6.07, 6.45) is 0.552. The number of methoxy groups -OCH3 is 1. The molecule has 1 aromatic heterocycles. The number of carbonyl (C=O) groups is 1. The van der Waals surface area contributed by atoms with Gasteiger partial charge in [-0.2, -0.15) is 0 Å². The SMILES string of the molecule is CCc1oc2ccccc2c1CC(=O)NS(=O)(=O)Cc1ccccc1OC. The number of nitrogens with one attached hydrogen (secondary N) is 1. The maximum Gasteiger partial charge on any atom is 0.239 e. The predicted molar refractivity (Wildman–Crippen MR) is 103 cm³/mol. The van der Waals surface area contributed by atoms with E-state index < -0.39 is 15.9 Å². The highest BCUT2D eigenvalue weighted by molar-refractivity contribution is 7.89. The van der Waals surface area contributed by atoms with Crippen molar-refractivity contribution in [2.75, 3.05) is 7.11 Å². The fraction of sp³-hybridized carbons (Fsp3) is 0.250. The first kappa shape index (κ1) is 19.0. The van der Waals surface area contributed by atoms with Crippen molar-refractivity contribution in [1.29, 1.82) is 0 Å². The third-order valence-corrected chi connectivity index (χ3v) is 5.48. The summed E-state index contributed by atoms with van der Waals surface area (Å²) in [7, 11) is -2.38. The zero-order valence-corrected chi connectivity index (χ0v) is 16.0. The van der Waals surface area contributed by atoms with Gasteiger partial charge in [0.25, 0.3) is 0 Å². The number of aryl methyl sites for hydroxylation is 1. The van der Waals surface area contributed by atoms with Gasteiger partial charge in [-0.05, 0) is 12.1 Å². The van der Waals surface area contributed by atoms with Gasteiger partial charge in [0.2, 0.25) is 15.9 Å². The van der Waals surface area contributed by atoms with Gasteiger partial charge >= 0.3 is 0 Å². The summed E-state index contributed by atoms with van der Waals surface area (Å²) in [6, 6.07) is 14.2. The molecule has 142 valence electrons. The predicted octanol–water partition coefficient (Wildman–Crippen LogP) is 3.19. The van der Waals surface area contributed by atoms with Crippen molar-refractivity contribution >= 4 is 26.9 Å². The number of hydrogen-bond acceptors (Lipinski definition) is 5. The average molecular weight is 387 g/mol. The van der Waals surface area contributed by atoms with Gasteiger partial charge in [0.15, 0.2) is 0 Å². The Labute approximate surface area is 158 Å². The summed E-state index contributed by atoms with van der Waals surface area (Å²) in [5.74, 6) is 0.222. The minimum atomic E-state index is -3.85. The van der Waals surface area contributed by atoms with Crippen LogP contribution in [-0.2, 0) is 33.4 Å². The molecule has 0 unspecified atom stereocenters. The number of para-hydroxylation sites is 2. The largest absolute Gasteiger partial charge is 0.496 e. The van der Waals surface area contributed by atoms with Gasteiger partial charge < -0.3 is 9.15 Å². The van der Waals surface area contributed by atoms with E-state index in [9.17, 15) is 13.2 Å². The number of rotatable bonds is 7. The molecule has 1 N–H and O–H groups in total. The zero-order valence-electron chi connectivity index (χ0n) is 15.2. The molecule has 27 heavy (non-hydrogen) atoms. The Bertz CT molecular complexity index is 1070. The van der Waals surface area contributed by atoms with Crippen LogP contribution in [0.5, 0.6) is 5.75 Å². The van der Waals surface area contributed by atoms with Crippen LogP contribution in [0.25, 0.3) is 11.0 Å². The van der Waals surface area contributed by atoms with E-state index in [4.69, 9.17) is 9.15 Å². The molecule has 3 aromatic rings. The molecule has 0 radical (unpaired) electrons. The van der Waals surface area contributed by atoms with E-state index in [0.717, 1.165) is 10.9 Å². The molecule has 3 rings (SSSR count). The molecule has 7 heteroatoms. The van der Waals surface area contributed by atoms with Gasteiger partial charge in [0.05, 0.1) is 19.3 Å². The first-order valence-corrected chi connectivity index (χ1v) is 10.2. The number of sulfonamides is 1. The summed E-state index contributed by atoms with van der Waals surface area (Å²) in [4.78, 5) is 12.4. The molecule has 1 amide bonds. The second kappa shape index (κ2) is 7.84. The third kappa shape index (κ3) is 4.31. The lowest BCUT2D eigenvalue weighted by Gasteiger charge is -2.10. The van der Waals surface area contributed by atoms with Gasteiger partial charge in [-0.15, -0.1) is 0 Å². The van der Waals surface area contributed by atoms with Crippen LogP contribution >= 0.6 is 0 Å². The van der Waals surface area contributed by atoms with Crippen LogP contribution in [0.3, 0.4) is 0 Å². The van der Waals surface area contributed by atoms with Crippen LogP contribution in [0, 0.1) is 0 Å². The number of fused-ring (bicyclic) bond motifs is 1. The molecular weight excluding hydrogens is 366 g/mol. The van der Waals surface area contributed by atoms with Gasteiger partial charge in [0.1, 0.15) is 17.1 Å². The lowest BCUT2D eigenvalue weighted by atomic mass is 10.1. The van der Waals surface area contributed by atoms with E-state index in [0.29, 0.717) is 29.1 Å². The number of furan rings is 1. The fourth-order valence-electron chi connectivity index (χ4n) is 3.06. The van der Waals surface area contributed by atoms with Crippen molar-refractivity contribution in [2.24, 2.45) is 0 Å². The highest BCUT2D eigenvalue weighted by Gasteiger charge is 2.21. The number of hydrogen-bond donors (Lipinski definition) is 1. The fourth-order valence-corrected chi connectivity index (χ4v) is 4.20. The Balaban J connectivity index is 1.77. The van der Waals surface area contributed by atoms with Crippen molar-refractivity contribution < 1.29 is 22.4 Å². The van der Waals surface area contributed by atoms with Gasteiger partial charge in [0, 0.05) is 22.9 Å². The number of amides is 1. The molecule has 0 saturated heterocycles. The highest BCUT2D eigenvalue weighted by atomic mass is 32.2. The van der Waals surface area contributed by atoms with Crippen LogP contribution in [0.15, 0.2) is 52.9 Å². The van der Waals surface area contributed by atoms with Crippen LogP contribution in [0.4, 0.5) is 0 Å². The Hall–Kier alpha value is -2.80. The van der Waals surface area contributed by atoms with Crippen LogP contribution in [0.1, 0.15) is 23.8 Å². The molecule has 1 heterocycles. The maximum atomic E-state index is 12.4. The summed E-state index contributed by atoms with van der Waals surface area (Å²) in [5.41, 5.74) is 1.90. The number of carbonyl (C=O) groups excluding carboxylic acids is 1. The van der Waals surface area contributed by atoms with Crippen molar-refractivity contribution in [1.82, 2.24) is 4.72 Å². The molecule has 0 aliphatic rings. The van der Waals surface area contributed by atoms with Crippen LogP contribution in [0.2, 0.25) is 0 Å². The van der Waals surface area contributed by atoms with E-state index >= 15 is 0 Å². The maximum absolute atomic E-state index is 12.4. The topological polar surface area (TPSA) is 85.6 Å². The molecule has 0 aliphatic heterocycles. The smallest absolute Gasteiger partial charge is 0.239 e. The van der Waals surface area contributed by atoms with Gasteiger partial charge in [-0.3, -0.25) is 9.52 Å². The van der Waals surface area contributed by atoms with Crippen molar-refractivity contribution in [2.45, 2.75) is 25.5 Å². The second-order valence-electron chi connectivity index (χ2n) is 6.13. The van der Waals surface area contributed by atoms with Crippen molar-refractivity contribution in [3.05, 3.63) is 65.4 Å². The monoisotopic (exact) mass is 387 g/mol. The van der Waals surface area contributed by atoms with Crippen molar-refractivity contribution in [3.63, 3.8) is 0 Å². The Morgan fingerprint density at radius 3 is 2.56 bits per heavy atom. The molecule has 0 saturated carbocycles. The first-order chi connectivity index (χ1) is 12.9. The molecule has 0 aliphatic carbocycles. The summed E-state index contributed by atoms with van der Waals surface area (Å²) >= 11 is 0. The van der Waals surface area contributed by atoms with E-state index in [1.807, 2.05) is 31.2 Å². The van der Waals surface area contributed by atoms with Gasteiger partial charge in [-0.25, -0.2) is 8.42 Å². The lowest BCUT2D eigenvalue weighted by Crippen LogP contribution is -2.33. The number of ether oxygens (including phenoxy) is 1. The highest BCUT2D eigenvalue weighted by Crippen LogP contribution is 2.27. The average Bonchev–Trinajstić information content (AvgIpc) is 2.99. The van der Waals surface area contributed by atoms with Crippen molar-refractivity contribution in [3.8, 4) is 5.75 Å². The Kier molecular flexibility index (Phi) is 5.51. The van der Waals surface area contributed by atoms with E-state index in [2.05, 4.69) is 4.72 Å². The third-order valence-electron chi connectivity index (χ3n) is 4.25. The molecule has 0 spiro atoms. The van der Waals surface area contributed by atoms with Crippen LogP contribution < -0.4 is 9.46 Å². The molecule has 0 fully saturated rings. The number of benzene rings is 2. The molecular formula is C20H21NO5S. The quantitative estimate of drug-likeness (QED) is 0.673. The lowest BCUT2D eigenvalue weighted by molar-refractivity contribution is -0.118. The second-order valence-corrected chi connectivity index (χ2v) is 7.85. The van der Waals surface area contributed by atoms with E-state index in [1.54, 1.807) is 24.3 Å². The normalized spacial score (nSPS) is 11.5. The van der Waals surface area contributed by atoms with E-state index in [1.165, 1.54) is 7.11 Å². The minimum absolute atomic E-state index is 0.0641. The minimum Gasteiger partial charge on any atom is -0.496 e. The molecule has 0 bridgehead atoms. The molecule has 6 nitrogen and oxygen atoms in total. The standard InChI is InChI=1S/C20H21NO5S/c1-3-17-16(15-9-5-7-11-19(15)26-17)12-20(22)21-27(23,24)13-14-8-4-6-10-18(14)25-2/h4-11H,3,12-13H2,1-2H3,(H,21,22). The van der Waals surface area contributed by atoms with E-state index in [-0.39, 0.29) is 12.2 Å². The summed E-state index contributed by atoms with van der Waals surface area (Å²) in [6.45, 7) is 1.93. The van der Waals surface area contributed by atoms with Gasteiger partial charge in [-0.1, -0.05) is 43.3 Å².